The summed E-state index contributed by atoms with van der Waals surface area (Å²) in [7, 11) is -6.42. The van der Waals surface area contributed by atoms with E-state index in [9.17, 15) is 16.8 Å². The summed E-state index contributed by atoms with van der Waals surface area (Å²) in [6, 6.07) is 20.8. The van der Waals surface area contributed by atoms with Crippen molar-refractivity contribution >= 4 is 31.4 Å². The highest BCUT2D eigenvalue weighted by Crippen LogP contribution is 2.24. The molecule has 0 fully saturated rings. The van der Waals surface area contributed by atoms with E-state index in [2.05, 4.69) is 4.72 Å². The molecule has 0 saturated carbocycles. The fraction of sp³-hybridized carbons (Fsp3) is 0.100. The fourth-order valence-corrected chi connectivity index (χ4v) is 5.07. The van der Waals surface area contributed by atoms with Crippen LogP contribution >= 0.6 is 0 Å². The van der Waals surface area contributed by atoms with Gasteiger partial charge in [-0.25, -0.2) is 16.8 Å². The number of nitrogens with one attached hydrogen (secondary N) is 1. The zero-order valence-electron chi connectivity index (χ0n) is 15.4. The number of hydrogen-bond donors (Lipinski definition) is 1. The molecule has 0 atom stereocenters. The lowest BCUT2D eigenvalue weighted by Gasteiger charge is -2.20. The lowest BCUT2D eigenvalue weighted by Crippen LogP contribution is -2.26. The van der Waals surface area contributed by atoms with E-state index in [4.69, 9.17) is 0 Å². The van der Waals surface area contributed by atoms with Crippen molar-refractivity contribution in [2.24, 2.45) is 0 Å². The Morgan fingerprint density at radius 1 is 0.750 bits per heavy atom. The van der Waals surface area contributed by atoms with Crippen molar-refractivity contribution in [3.8, 4) is 0 Å². The molecule has 0 aliphatic rings. The molecule has 0 bridgehead atoms. The summed E-state index contributed by atoms with van der Waals surface area (Å²) >= 11 is 0. The van der Waals surface area contributed by atoms with Crippen LogP contribution in [-0.2, 0) is 20.0 Å². The van der Waals surface area contributed by atoms with Gasteiger partial charge >= 0.3 is 0 Å². The van der Waals surface area contributed by atoms with Crippen molar-refractivity contribution < 1.29 is 16.8 Å². The maximum atomic E-state index is 12.9. The SMILES string of the molecule is Cc1cccc(NS(=O)(=O)c2cccc(S(=O)(=O)N(C)c3ccccc3)c2)c1. The molecule has 0 unspecified atom stereocenters. The largest absolute Gasteiger partial charge is 0.280 e. The molecule has 6 nitrogen and oxygen atoms in total. The van der Waals surface area contributed by atoms with Crippen LogP contribution in [0.25, 0.3) is 0 Å². The third kappa shape index (κ3) is 4.18. The van der Waals surface area contributed by atoms with Crippen molar-refractivity contribution in [1.29, 1.82) is 0 Å². The summed E-state index contributed by atoms with van der Waals surface area (Å²) in [5.74, 6) is 0. The minimum Gasteiger partial charge on any atom is -0.280 e. The molecular formula is C20H20N2O4S2. The molecule has 3 rings (SSSR count). The lowest BCUT2D eigenvalue weighted by atomic mass is 10.2. The van der Waals surface area contributed by atoms with Crippen LogP contribution in [-0.4, -0.2) is 23.9 Å². The summed E-state index contributed by atoms with van der Waals surface area (Å²) in [5, 5.41) is 0. The van der Waals surface area contributed by atoms with E-state index in [1.807, 2.05) is 13.0 Å². The van der Waals surface area contributed by atoms with Crippen LogP contribution in [0.1, 0.15) is 5.56 Å². The standard InChI is InChI=1S/C20H20N2O4S2/c1-16-8-6-9-17(14-16)21-27(23,24)19-12-7-13-20(15-19)28(25,26)22(2)18-10-4-3-5-11-18/h3-15,21H,1-2H3. The van der Waals surface area contributed by atoms with Crippen molar-refractivity contribution in [2.45, 2.75) is 16.7 Å². The lowest BCUT2D eigenvalue weighted by molar-refractivity contribution is 0.593. The average Bonchev–Trinajstić information content (AvgIpc) is 2.68. The molecule has 0 saturated heterocycles. The van der Waals surface area contributed by atoms with Crippen molar-refractivity contribution in [3.05, 3.63) is 84.4 Å². The molecular weight excluding hydrogens is 396 g/mol. The first-order valence-electron chi connectivity index (χ1n) is 8.44. The molecule has 0 radical (unpaired) electrons. The molecule has 146 valence electrons. The molecule has 0 spiro atoms. The van der Waals surface area contributed by atoms with Gasteiger partial charge in [-0.1, -0.05) is 36.4 Å². The highest BCUT2D eigenvalue weighted by molar-refractivity contribution is 7.93. The number of hydrogen-bond acceptors (Lipinski definition) is 4. The van der Waals surface area contributed by atoms with Gasteiger partial charge in [-0.15, -0.1) is 0 Å². The van der Waals surface area contributed by atoms with Gasteiger partial charge in [0.1, 0.15) is 0 Å². The van der Waals surface area contributed by atoms with Crippen LogP contribution in [0.4, 0.5) is 11.4 Å². The molecule has 0 amide bonds. The molecule has 28 heavy (non-hydrogen) atoms. The van der Waals surface area contributed by atoms with Crippen LogP contribution in [0.2, 0.25) is 0 Å². The van der Waals surface area contributed by atoms with Crippen LogP contribution in [0.3, 0.4) is 0 Å². The molecule has 0 heterocycles. The molecule has 3 aromatic carbocycles. The maximum absolute atomic E-state index is 12.9. The van der Waals surface area contributed by atoms with Gasteiger partial charge in [-0.3, -0.25) is 9.03 Å². The minimum absolute atomic E-state index is 0.106. The van der Waals surface area contributed by atoms with Gasteiger partial charge in [0.25, 0.3) is 20.0 Å². The Bertz CT molecular complexity index is 1190. The van der Waals surface area contributed by atoms with Crippen molar-refractivity contribution in [1.82, 2.24) is 0 Å². The average molecular weight is 417 g/mol. The van der Waals surface area contributed by atoms with Crippen LogP contribution in [0.5, 0.6) is 0 Å². The van der Waals surface area contributed by atoms with Crippen molar-refractivity contribution in [3.63, 3.8) is 0 Å². The molecule has 0 aliphatic heterocycles. The maximum Gasteiger partial charge on any atom is 0.264 e. The van der Waals surface area contributed by atoms with E-state index in [1.165, 1.54) is 25.2 Å². The van der Waals surface area contributed by atoms with Gasteiger partial charge in [0.15, 0.2) is 0 Å². The van der Waals surface area contributed by atoms with Crippen molar-refractivity contribution in [2.75, 3.05) is 16.1 Å². The summed E-state index contributed by atoms with van der Waals surface area (Å²) in [6.45, 7) is 1.85. The molecule has 3 aromatic rings. The second-order valence-corrected chi connectivity index (χ2v) is 9.91. The van der Waals surface area contributed by atoms with Gasteiger partial charge in [-0.05, 0) is 55.0 Å². The second-order valence-electron chi connectivity index (χ2n) is 6.26. The molecule has 0 aliphatic carbocycles. The van der Waals surface area contributed by atoms with E-state index in [-0.39, 0.29) is 9.79 Å². The second kappa shape index (κ2) is 7.65. The molecule has 0 aromatic heterocycles. The summed E-state index contributed by atoms with van der Waals surface area (Å²) in [6.07, 6.45) is 0. The van der Waals surface area contributed by atoms with Crippen LogP contribution in [0.15, 0.2) is 88.7 Å². The highest BCUT2D eigenvalue weighted by Gasteiger charge is 2.24. The number of benzene rings is 3. The number of para-hydroxylation sites is 1. The smallest absolute Gasteiger partial charge is 0.264 e. The number of rotatable bonds is 6. The van der Waals surface area contributed by atoms with E-state index in [1.54, 1.807) is 48.5 Å². The predicted octanol–water partition coefficient (Wildman–Crippen LogP) is 3.62. The van der Waals surface area contributed by atoms with Gasteiger partial charge < -0.3 is 0 Å². The Kier molecular flexibility index (Phi) is 5.44. The quantitative estimate of drug-likeness (QED) is 0.665. The third-order valence-corrected chi connectivity index (χ3v) is 7.32. The van der Waals surface area contributed by atoms with Gasteiger partial charge in [-0.2, -0.15) is 0 Å². The normalized spacial score (nSPS) is 11.8. The van der Waals surface area contributed by atoms with E-state index in [0.29, 0.717) is 11.4 Å². The number of sulfonamides is 2. The first kappa shape index (κ1) is 19.9. The first-order chi connectivity index (χ1) is 13.2. The number of nitrogens with zero attached hydrogens (tertiary/aromatic N) is 1. The fourth-order valence-electron chi connectivity index (χ4n) is 2.66. The number of aryl methyl sites for hydroxylation is 1. The Morgan fingerprint density at radius 2 is 1.39 bits per heavy atom. The Morgan fingerprint density at radius 3 is 2.07 bits per heavy atom. The highest BCUT2D eigenvalue weighted by atomic mass is 32.2. The first-order valence-corrected chi connectivity index (χ1v) is 11.4. The monoisotopic (exact) mass is 416 g/mol. The predicted molar refractivity (Wildman–Crippen MR) is 110 cm³/mol. The van der Waals surface area contributed by atoms with E-state index >= 15 is 0 Å². The molecule has 1 N–H and O–H groups in total. The van der Waals surface area contributed by atoms with Gasteiger partial charge in [0.05, 0.1) is 15.5 Å². The summed E-state index contributed by atoms with van der Waals surface area (Å²) in [4.78, 5) is -0.234. The minimum atomic E-state index is -3.94. The Hall–Kier alpha value is -2.84. The zero-order chi connectivity index (χ0) is 20.4. The number of anilines is 2. The zero-order valence-corrected chi connectivity index (χ0v) is 17.0. The van der Waals surface area contributed by atoms with Crippen LogP contribution < -0.4 is 9.03 Å². The summed E-state index contributed by atoms with van der Waals surface area (Å²) < 4.78 is 54.9. The van der Waals surface area contributed by atoms with Gasteiger partial charge in [0.2, 0.25) is 0 Å². The third-order valence-electron chi connectivity index (χ3n) is 4.16. The topological polar surface area (TPSA) is 83.5 Å². The van der Waals surface area contributed by atoms with E-state index < -0.39 is 20.0 Å². The summed E-state index contributed by atoms with van der Waals surface area (Å²) in [5.41, 5.74) is 1.80. The Labute approximate surface area is 165 Å². The Balaban J connectivity index is 1.95. The van der Waals surface area contributed by atoms with Crippen LogP contribution in [0, 0.1) is 6.92 Å². The van der Waals surface area contributed by atoms with E-state index in [0.717, 1.165) is 15.9 Å². The molecule has 8 heteroatoms. The van der Waals surface area contributed by atoms with Gasteiger partial charge in [0, 0.05) is 12.7 Å².